The number of hydrogen-bond donors (Lipinski definition) is 0. The fourth-order valence-electron chi connectivity index (χ4n) is 1.48. The molecule has 0 aliphatic rings. The van der Waals surface area contributed by atoms with E-state index in [9.17, 15) is 0 Å². The summed E-state index contributed by atoms with van der Waals surface area (Å²) in [7, 11) is 0. The lowest BCUT2D eigenvalue weighted by Gasteiger charge is -2.01. The molecule has 0 spiro atoms. The number of unbranched alkanes of at least 4 members (excludes halogenated alkanes) is 1. The van der Waals surface area contributed by atoms with E-state index < -0.39 is 0 Å². The summed E-state index contributed by atoms with van der Waals surface area (Å²) in [6, 6.07) is 11.9. The lowest BCUT2D eigenvalue weighted by molar-refractivity contribution is 0.868. The molecule has 2 aromatic rings. The zero-order chi connectivity index (χ0) is 11.9. The molecule has 0 radical (unpaired) electrons. The van der Waals surface area contributed by atoms with Crippen molar-refractivity contribution >= 4 is 11.6 Å². The molecule has 1 aromatic carbocycles. The predicted octanol–water partition coefficient (Wildman–Crippen LogP) is 3.24. The van der Waals surface area contributed by atoms with Crippen LogP contribution in [0, 0.1) is 11.8 Å². The minimum absolute atomic E-state index is 0.659. The molecule has 0 bridgehead atoms. The van der Waals surface area contributed by atoms with Crippen molar-refractivity contribution in [2.45, 2.75) is 12.8 Å². The third kappa shape index (κ3) is 3.12. The highest BCUT2D eigenvalue weighted by Crippen LogP contribution is 2.08. The third-order valence-electron chi connectivity index (χ3n) is 2.30. The van der Waals surface area contributed by atoms with Crippen LogP contribution in [0.1, 0.15) is 18.5 Å². The first kappa shape index (κ1) is 11.8. The molecule has 1 aromatic heterocycles. The van der Waals surface area contributed by atoms with Gasteiger partial charge in [-0.15, -0.1) is 11.6 Å². The molecular formula is C14H13ClN2. The maximum absolute atomic E-state index is 5.60. The SMILES string of the molecule is ClCCCC#Cc1ccnn1-c1ccccc1. The second-order valence-corrected chi connectivity index (χ2v) is 3.94. The Balaban J connectivity index is 2.20. The summed E-state index contributed by atoms with van der Waals surface area (Å²) >= 11 is 5.60. The number of hydrogen-bond acceptors (Lipinski definition) is 1. The average Bonchev–Trinajstić information content (AvgIpc) is 2.84. The number of alkyl halides is 1. The Morgan fingerprint density at radius 2 is 2.00 bits per heavy atom. The second-order valence-electron chi connectivity index (χ2n) is 3.56. The van der Waals surface area contributed by atoms with E-state index in [0.717, 1.165) is 24.2 Å². The molecule has 0 amide bonds. The molecular weight excluding hydrogens is 232 g/mol. The van der Waals surface area contributed by atoms with Crippen LogP contribution < -0.4 is 0 Å². The largest absolute Gasteiger partial charge is 0.225 e. The third-order valence-corrected chi connectivity index (χ3v) is 2.56. The lowest BCUT2D eigenvalue weighted by Crippen LogP contribution is -1.98. The van der Waals surface area contributed by atoms with Gasteiger partial charge < -0.3 is 0 Å². The van der Waals surface area contributed by atoms with E-state index in [1.807, 2.05) is 41.1 Å². The maximum Gasteiger partial charge on any atom is 0.116 e. The van der Waals surface area contributed by atoms with Gasteiger partial charge in [-0.1, -0.05) is 24.1 Å². The fraction of sp³-hybridized carbons (Fsp3) is 0.214. The van der Waals surface area contributed by atoms with Gasteiger partial charge in [-0.25, -0.2) is 4.68 Å². The van der Waals surface area contributed by atoms with Crippen LogP contribution in [0.4, 0.5) is 0 Å². The standard InChI is InChI=1S/C14H13ClN2/c15-11-6-2-5-9-14-10-12-16-17(14)13-7-3-1-4-8-13/h1,3-4,7-8,10,12H,2,6,11H2. The van der Waals surface area contributed by atoms with Crippen molar-refractivity contribution in [3.8, 4) is 17.5 Å². The molecule has 86 valence electrons. The topological polar surface area (TPSA) is 17.8 Å². The number of aromatic nitrogens is 2. The summed E-state index contributed by atoms with van der Waals surface area (Å²) in [6.45, 7) is 0. The van der Waals surface area contributed by atoms with Crippen LogP contribution in [0.3, 0.4) is 0 Å². The monoisotopic (exact) mass is 244 g/mol. The van der Waals surface area contributed by atoms with Crippen molar-refractivity contribution in [1.82, 2.24) is 9.78 Å². The summed E-state index contributed by atoms with van der Waals surface area (Å²) in [5.74, 6) is 6.88. The maximum atomic E-state index is 5.60. The van der Waals surface area contributed by atoms with Gasteiger partial charge >= 0.3 is 0 Å². The van der Waals surface area contributed by atoms with Gasteiger partial charge in [-0.2, -0.15) is 5.10 Å². The Morgan fingerprint density at radius 3 is 2.76 bits per heavy atom. The van der Waals surface area contributed by atoms with Crippen LogP contribution in [0.25, 0.3) is 5.69 Å². The van der Waals surface area contributed by atoms with Gasteiger partial charge in [0.15, 0.2) is 0 Å². The van der Waals surface area contributed by atoms with Gasteiger partial charge in [0.1, 0.15) is 5.69 Å². The van der Waals surface area contributed by atoms with Gasteiger partial charge in [-0.3, -0.25) is 0 Å². The molecule has 0 aliphatic carbocycles. The number of para-hydroxylation sites is 1. The Hall–Kier alpha value is -1.72. The van der Waals surface area contributed by atoms with Crippen molar-refractivity contribution in [3.05, 3.63) is 48.3 Å². The molecule has 0 atom stereocenters. The second kappa shape index (κ2) is 6.12. The van der Waals surface area contributed by atoms with Crippen molar-refractivity contribution < 1.29 is 0 Å². The molecule has 0 saturated heterocycles. The molecule has 0 saturated carbocycles. The van der Waals surface area contributed by atoms with E-state index in [1.165, 1.54) is 0 Å². The van der Waals surface area contributed by atoms with E-state index in [0.29, 0.717) is 5.88 Å². The number of rotatable bonds is 3. The average molecular weight is 245 g/mol. The Morgan fingerprint density at radius 1 is 1.18 bits per heavy atom. The lowest BCUT2D eigenvalue weighted by atomic mass is 10.3. The van der Waals surface area contributed by atoms with Crippen LogP contribution in [-0.4, -0.2) is 15.7 Å². The first-order chi connectivity index (χ1) is 8.42. The minimum atomic E-state index is 0.659. The van der Waals surface area contributed by atoms with E-state index in [-0.39, 0.29) is 0 Å². The molecule has 0 aliphatic heterocycles. The quantitative estimate of drug-likeness (QED) is 0.461. The summed E-state index contributed by atoms with van der Waals surface area (Å²) in [5.41, 5.74) is 1.94. The molecule has 1 heterocycles. The minimum Gasteiger partial charge on any atom is -0.225 e. The van der Waals surface area contributed by atoms with Crippen LogP contribution in [0.15, 0.2) is 42.6 Å². The Kier molecular flexibility index (Phi) is 4.23. The molecule has 3 heteroatoms. The molecule has 0 fully saturated rings. The van der Waals surface area contributed by atoms with E-state index in [2.05, 4.69) is 16.9 Å². The highest BCUT2D eigenvalue weighted by molar-refractivity contribution is 6.17. The van der Waals surface area contributed by atoms with Crippen LogP contribution in [-0.2, 0) is 0 Å². The van der Waals surface area contributed by atoms with Crippen molar-refractivity contribution in [3.63, 3.8) is 0 Å². The molecule has 2 rings (SSSR count). The van der Waals surface area contributed by atoms with Crippen LogP contribution >= 0.6 is 11.6 Å². The first-order valence-corrected chi connectivity index (χ1v) is 6.09. The van der Waals surface area contributed by atoms with Crippen LogP contribution in [0.2, 0.25) is 0 Å². The molecule has 17 heavy (non-hydrogen) atoms. The molecule has 2 nitrogen and oxygen atoms in total. The fourth-order valence-corrected chi connectivity index (χ4v) is 1.61. The van der Waals surface area contributed by atoms with Gasteiger partial charge in [-0.05, 0) is 30.5 Å². The molecule has 0 unspecified atom stereocenters. The number of halogens is 1. The summed E-state index contributed by atoms with van der Waals surface area (Å²) in [5, 5.41) is 4.27. The van der Waals surface area contributed by atoms with E-state index in [1.54, 1.807) is 6.20 Å². The van der Waals surface area contributed by atoms with Crippen molar-refractivity contribution in [1.29, 1.82) is 0 Å². The highest BCUT2D eigenvalue weighted by Gasteiger charge is 2.00. The summed E-state index contributed by atoms with van der Waals surface area (Å²) in [4.78, 5) is 0. The van der Waals surface area contributed by atoms with Crippen LogP contribution in [0.5, 0.6) is 0 Å². The zero-order valence-electron chi connectivity index (χ0n) is 9.44. The number of nitrogens with zero attached hydrogens (tertiary/aromatic N) is 2. The zero-order valence-corrected chi connectivity index (χ0v) is 10.2. The van der Waals surface area contributed by atoms with Crippen molar-refractivity contribution in [2.24, 2.45) is 0 Å². The van der Waals surface area contributed by atoms with Gasteiger partial charge in [0.05, 0.1) is 11.9 Å². The summed E-state index contributed by atoms with van der Waals surface area (Å²) < 4.78 is 1.84. The van der Waals surface area contributed by atoms with E-state index in [4.69, 9.17) is 11.6 Å². The van der Waals surface area contributed by atoms with E-state index >= 15 is 0 Å². The molecule has 0 N–H and O–H groups in total. The van der Waals surface area contributed by atoms with Gasteiger partial charge in [0.25, 0.3) is 0 Å². The Bertz CT molecular complexity index is 520. The van der Waals surface area contributed by atoms with Gasteiger partial charge in [0, 0.05) is 12.3 Å². The predicted molar refractivity (Wildman–Crippen MR) is 70.4 cm³/mol. The Labute approximate surface area is 106 Å². The highest BCUT2D eigenvalue weighted by atomic mass is 35.5. The smallest absolute Gasteiger partial charge is 0.116 e. The normalized spacial score (nSPS) is 9.71. The summed E-state index contributed by atoms with van der Waals surface area (Å²) in [6.07, 6.45) is 3.51. The van der Waals surface area contributed by atoms with Gasteiger partial charge in [0.2, 0.25) is 0 Å². The van der Waals surface area contributed by atoms with Crippen molar-refractivity contribution in [2.75, 3.05) is 5.88 Å². The number of benzene rings is 1. The first-order valence-electron chi connectivity index (χ1n) is 5.56.